The van der Waals surface area contributed by atoms with Crippen LogP contribution in [-0.4, -0.2) is 50.8 Å². The highest BCUT2D eigenvalue weighted by Gasteiger charge is 2.38. The monoisotopic (exact) mass is 314 g/mol. The van der Waals surface area contributed by atoms with Gasteiger partial charge < -0.3 is 19.0 Å². The van der Waals surface area contributed by atoms with E-state index in [-0.39, 0.29) is 5.04 Å². The molecule has 0 aromatic heterocycles. The molecule has 4 nitrogen and oxygen atoms in total. The summed E-state index contributed by atoms with van der Waals surface area (Å²) in [6, 6.07) is 0. The maximum Gasteiger partial charge on any atom is 0.194 e. The van der Waals surface area contributed by atoms with E-state index in [4.69, 9.17) is 9.16 Å². The predicted octanol–water partition coefficient (Wildman–Crippen LogP) is 3.83. The molecule has 21 heavy (non-hydrogen) atoms. The Labute approximate surface area is 132 Å². The van der Waals surface area contributed by atoms with E-state index in [9.17, 15) is 0 Å². The zero-order chi connectivity index (χ0) is 16.1. The molecule has 0 spiro atoms. The van der Waals surface area contributed by atoms with Crippen LogP contribution in [0.5, 0.6) is 0 Å². The Balaban J connectivity index is 2.37. The first kappa shape index (κ1) is 18.5. The van der Waals surface area contributed by atoms with E-state index in [1.165, 1.54) is 0 Å². The standard InChI is InChI=1S/C16H34N2O2Si/c1-8-19-13-9-10-17-11-12-18(15(17)2)14-20-21(6,7)16(3,4)5/h11-12,15H,8-10,13-14H2,1-7H3. The Morgan fingerprint density at radius 1 is 1.14 bits per heavy atom. The van der Waals surface area contributed by atoms with Crippen LogP contribution in [0, 0.1) is 0 Å². The highest BCUT2D eigenvalue weighted by Crippen LogP contribution is 2.36. The van der Waals surface area contributed by atoms with E-state index in [0.29, 0.717) is 12.9 Å². The molecular formula is C16H34N2O2Si. The molecule has 1 heterocycles. The second kappa shape index (κ2) is 7.65. The van der Waals surface area contributed by atoms with Crippen molar-refractivity contribution in [2.75, 3.05) is 26.5 Å². The predicted molar refractivity (Wildman–Crippen MR) is 91.4 cm³/mol. The molecule has 0 amide bonds. The Bertz CT molecular complexity index is 340. The zero-order valence-electron chi connectivity index (χ0n) is 15.0. The molecule has 0 aromatic rings. The van der Waals surface area contributed by atoms with Crippen molar-refractivity contribution >= 4 is 8.32 Å². The Morgan fingerprint density at radius 3 is 2.33 bits per heavy atom. The summed E-state index contributed by atoms with van der Waals surface area (Å²) in [7, 11) is -1.67. The molecule has 0 saturated carbocycles. The molecule has 0 aromatic carbocycles. The highest BCUT2D eigenvalue weighted by molar-refractivity contribution is 6.74. The molecule has 1 aliphatic rings. The Hall–Kier alpha value is -0.523. The van der Waals surface area contributed by atoms with Crippen LogP contribution >= 0.6 is 0 Å². The number of rotatable bonds is 8. The van der Waals surface area contributed by atoms with E-state index < -0.39 is 8.32 Å². The lowest BCUT2D eigenvalue weighted by atomic mass is 10.2. The Morgan fingerprint density at radius 2 is 1.76 bits per heavy atom. The van der Waals surface area contributed by atoms with Crippen molar-refractivity contribution in [3.05, 3.63) is 12.4 Å². The second-order valence-electron chi connectivity index (χ2n) is 7.27. The number of hydrogen-bond donors (Lipinski definition) is 0. The van der Waals surface area contributed by atoms with Gasteiger partial charge in [-0.1, -0.05) is 20.8 Å². The summed E-state index contributed by atoms with van der Waals surface area (Å²) in [5, 5.41) is 0.261. The van der Waals surface area contributed by atoms with Gasteiger partial charge in [-0.3, -0.25) is 0 Å². The summed E-state index contributed by atoms with van der Waals surface area (Å²) >= 11 is 0. The molecule has 5 heteroatoms. The lowest BCUT2D eigenvalue weighted by Crippen LogP contribution is -2.45. The molecule has 0 aliphatic carbocycles. The van der Waals surface area contributed by atoms with Crippen molar-refractivity contribution in [3.63, 3.8) is 0 Å². The van der Waals surface area contributed by atoms with Crippen LogP contribution < -0.4 is 0 Å². The molecule has 0 N–H and O–H groups in total. The zero-order valence-corrected chi connectivity index (χ0v) is 16.0. The second-order valence-corrected chi connectivity index (χ2v) is 12.1. The van der Waals surface area contributed by atoms with E-state index in [1.54, 1.807) is 0 Å². The van der Waals surface area contributed by atoms with Gasteiger partial charge in [0.2, 0.25) is 0 Å². The molecule has 1 unspecified atom stereocenters. The summed E-state index contributed by atoms with van der Waals surface area (Å²) in [5.74, 6) is 0. The average molecular weight is 315 g/mol. The van der Waals surface area contributed by atoms with Crippen molar-refractivity contribution in [1.82, 2.24) is 9.80 Å². The van der Waals surface area contributed by atoms with Crippen LogP contribution in [0.15, 0.2) is 12.4 Å². The topological polar surface area (TPSA) is 24.9 Å². The summed E-state index contributed by atoms with van der Waals surface area (Å²) < 4.78 is 11.7. The van der Waals surface area contributed by atoms with Gasteiger partial charge in [0, 0.05) is 32.2 Å². The largest absolute Gasteiger partial charge is 0.400 e. The van der Waals surface area contributed by atoms with Crippen LogP contribution in [0.4, 0.5) is 0 Å². The molecule has 1 aliphatic heterocycles. The van der Waals surface area contributed by atoms with E-state index in [1.807, 2.05) is 6.92 Å². The molecule has 1 atom stereocenters. The molecule has 0 bridgehead atoms. The van der Waals surface area contributed by atoms with Crippen molar-refractivity contribution in [2.45, 2.75) is 65.3 Å². The van der Waals surface area contributed by atoms with Crippen LogP contribution in [0.25, 0.3) is 0 Å². The summed E-state index contributed by atoms with van der Waals surface area (Å²) in [5.41, 5.74) is 0. The summed E-state index contributed by atoms with van der Waals surface area (Å²) in [4.78, 5) is 4.63. The van der Waals surface area contributed by atoms with Crippen LogP contribution in [0.2, 0.25) is 18.1 Å². The van der Waals surface area contributed by atoms with Gasteiger partial charge in [0.05, 0.1) is 6.17 Å². The molecule has 1 rings (SSSR count). The third-order valence-electron chi connectivity index (χ3n) is 4.70. The first-order valence-corrected chi connectivity index (χ1v) is 11.0. The summed E-state index contributed by atoms with van der Waals surface area (Å²) in [6.45, 7) is 19.1. The van der Waals surface area contributed by atoms with E-state index >= 15 is 0 Å². The number of ether oxygens (including phenoxy) is 1. The quantitative estimate of drug-likeness (QED) is 0.502. The first-order valence-electron chi connectivity index (χ1n) is 8.10. The van der Waals surface area contributed by atoms with Gasteiger partial charge in [0.1, 0.15) is 6.73 Å². The minimum Gasteiger partial charge on any atom is -0.400 e. The fraction of sp³-hybridized carbons (Fsp3) is 0.875. The lowest BCUT2D eigenvalue weighted by Gasteiger charge is -2.38. The molecule has 0 radical (unpaired) electrons. The van der Waals surface area contributed by atoms with Crippen molar-refractivity contribution < 1.29 is 9.16 Å². The normalized spacial score (nSPS) is 19.7. The maximum absolute atomic E-state index is 6.30. The Kier molecular flexibility index (Phi) is 6.75. The number of nitrogens with zero attached hydrogens (tertiary/aromatic N) is 2. The fourth-order valence-electron chi connectivity index (χ4n) is 1.97. The molecule has 0 fully saturated rings. The fourth-order valence-corrected chi connectivity index (χ4v) is 2.87. The van der Waals surface area contributed by atoms with Gasteiger partial charge in [0.25, 0.3) is 0 Å². The minimum absolute atomic E-state index is 0.261. The van der Waals surface area contributed by atoms with Gasteiger partial charge in [-0.15, -0.1) is 0 Å². The SMILES string of the molecule is CCOCCCN1C=CN(CO[Si](C)(C)C(C)(C)C)C1C. The molecule has 0 saturated heterocycles. The van der Waals surface area contributed by atoms with Gasteiger partial charge in [-0.05, 0) is 38.4 Å². The number of hydrogen-bond acceptors (Lipinski definition) is 4. The third-order valence-corrected chi connectivity index (χ3v) is 9.16. The highest BCUT2D eigenvalue weighted by atomic mass is 28.4. The smallest absolute Gasteiger partial charge is 0.194 e. The van der Waals surface area contributed by atoms with Gasteiger partial charge >= 0.3 is 0 Å². The van der Waals surface area contributed by atoms with Crippen molar-refractivity contribution in [2.24, 2.45) is 0 Å². The van der Waals surface area contributed by atoms with Crippen LogP contribution in [0.1, 0.15) is 41.0 Å². The third kappa shape index (κ3) is 5.31. The van der Waals surface area contributed by atoms with Crippen LogP contribution in [0.3, 0.4) is 0 Å². The molecule has 124 valence electrons. The minimum atomic E-state index is -1.67. The molecular weight excluding hydrogens is 280 g/mol. The average Bonchev–Trinajstić information content (AvgIpc) is 2.72. The van der Waals surface area contributed by atoms with E-state index in [0.717, 1.165) is 26.2 Å². The van der Waals surface area contributed by atoms with Crippen molar-refractivity contribution in [3.8, 4) is 0 Å². The first-order chi connectivity index (χ1) is 9.69. The van der Waals surface area contributed by atoms with Gasteiger partial charge in [-0.25, -0.2) is 0 Å². The maximum atomic E-state index is 6.30. The lowest BCUT2D eigenvalue weighted by molar-refractivity contribution is 0.0752. The van der Waals surface area contributed by atoms with Crippen molar-refractivity contribution in [1.29, 1.82) is 0 Å². The van der Waals surface area contributed by atoms with E-state index in [2.05, 4.69) is 63.0 Å². The summed E-state index contributed by atoms with van der Waals surface area (Å²) in [6.07, 6.45) is 5.76. The van der Waals surface area contributed by atoms with Gasteiger partial charge in [-0.2, -0.15) is 0 Å². The van der Waals surface area contributed by atoms with Crippen LogP contribution in [-0.2, 0) is 9.16 Å². The van der Waals surface area contributed by atoms with Gasteiger partial charge in [0.15, 0.2) is 8.32 Å².